The van der Waals surface area contributed by atoms with E-state index >= 15 is 0 Å². The van der Waals surface area contributed by atoms with Crippen molar-refractivity contribution in [3.8, 4) is 11.5 Å². The van der Waals surface area contributed by atoms with Gasteiger partial charge in [0, 0.05) is 12.2 Å². The van der Waals surface area contributed by atoms with E-state index in [0.29, 0.717) is 11.7 Å². The Morgan fingerprint density at radius 2 is 1.65 bits per heavy atom. The van der Waals surface area contributed by atoms with Gasteiger partial charge >= 0.3 is 0 Å². The van der Waals surface area contributed by atoms with Gasteiger partial charge in [0.15, 0.2) is 5.11 Å². The number of carbonyl (C=O) groups excluding carboxylic acids is 1. The molecule has 0 bridgehead atoms. The van der Waals surface area contributed by atoms with Crippen LogP contribution in [0, 0.1) is 0 Å². The zero-order chi connectivity index (χ0) is 16.4. The van der Waals surface area contributed by atoms with Gasteiger partial charge in [-0.3, -0.25) is 9.69 Å². The highest BCUT2D eigenvalue weighted by Gasteiger charge is 2.39. The molecule has 0 aliphatic carbocycles. The molecule has 0 radical (unpaired) electrons. The predicted molar refractivity (Wildman–Crippen MR) is 94.9 cm³/mol. The van der Waals surface area contributed by atoms with Gasteiger partial charge in [-0.25, -0.2) is 0 Å². The van der Waals surface area contributed by atoms with E-state index in [1.165, 1.54) is 0 Å². The summed E-state index contributed by atoms with van der Waals surface area (Å²) in [5, 5.41) is 0.557. The summed E-state index contributed by atoms with van der Waals surface area (Å²) in [4.78, 5) is 15.7. The molecule has 2 aromatic carbocycles. The molecule has 0 N–H and O–H groups in total. The maximum atomic E-state index is 12.2. The van der Waals surface area contributed by atoms with E-state index < -0.39 is 0 Å². The lowest BCUT2D eigenvalue weighted by Crippen LogP contribution is -2.33. The standard InChI is InChI=1S/C18H18N2O2S/c1-3-19-17(21)13(2)20(18(19)23)14-9-11-16(12-10-14)22-15-7-5-4-6-8-15/h4-13H,3H2,1-2H3. The molecule has 3 rings (SSSR count). The van der Waals surface area contributed by atoms with Gasteiger partial charge in [-0.15, -0.1) is 0 Å². The first kappa shape index (κ1) is 15.5. The van der Waals surface area contributed by atoms with Crippen LogP contribution < -0.4 is 9.64 Å². The van der Waals surface area contributed by atoms with Crippen molar-refractivity contribution in [1.82, 2.24) is 4.90 Å². The summed E-state index contributed by atoms with van der Waals surface area (Å²) in [6.45, 7) is 4.39. The summed E-state index contributed by atoms with van der Waals surface area (Å²) in [6, 6.07) is 17.0. The van der Waals surface area contributed by atoms with Crippen molar-refractivity contribution < 1.29 is 9.53 Å². The van der Waals surface area contributed by atoms with E-state index in [1.54, 1.807) is 4.90 Å². The van der Waals surface area contributed by atoms with Crippen molar-refractivity contribution in [3.63, 3.8) is 0 Å². The highest BCUT2D eigenvalue weighted by Crippen LogP contribution is 2.29. The lowest BCUT2D eigenvalue weighted by Gasteiger charge is -2.22. The predicted octanol–water partition coefficient (Wildman–Crippen LogP) is 3.82. The number of anilines is 1. The molecule has 5 heteroatoms. The monoisotopic (exact) mass is 326 g/mol. The molecule has 0 aromatic heterocycles. The smallest absolute Gasteiger partial charge is 0.251 e. The van der Waals surface area contributed by atoms with Crippen LogP contribution in [0.3, 0.4) is 0 Å². The Bertz CT molecular complexity index is 716. The maximum absolute atomic E-state index is 12.2. The molecule has 2 aromatic rings. The SMILES string of the molecule is CCN1C(=O)C(C)N(c2ccc(Oc3ccccc3)cc2)C1=S. The first-order valence-corrected chi connectivity index (χ1v) is 8.00. The second kappa shape index (κ2) is 6.38. The van der Waals surface area contributed by atoms with E-state index in [2.05, 4.69) is 0 Å². The maximum Gasteiger partial charge on any atom is 0.251 e. The fourth-order valence-corrected chi connectivity index (χ4v) is 3.13. The molecule has 23 heavy (non-hydrogen) atoms. The number of para-hydroxylation sites is 1. The highest BCUT2D eigenvalue weighted by atomic mass is 32.1. The van der Waals surface area contributed by atoms with E-state index in [0.717, 1.165) is 17.2 Å². The van der Waals surface area contributed by atoms with E-state index in [4.69, 9.17) is 17.0 Å². The van der Waals surface area contributed by atoms with Gasteiger partial charge in [0.25, 0.3) is 5.91 Å². The number of thiocarbonyl (C=S) groups is 1. The van der Waals surface area contributed by atoms with Crippen molar-refractivity contribution in [2.45, 2.75) is 19.9 Å². The van der Waals surface area contributed by atoms with Crippen LogP contribution in [0.5, 0.6) is 11.5 Å². The van der Waals surface area contributed by atoms with E-state index in [1.807, 2.05) is 73.3 Å². The highest BCUT2D eigenvalue weighted by molar-refractivity contribution is 7.80. The van der Waals surface area contributed by atoms with Crippen LogP contribution in [0.2, 0.25) is 0 Å². The Morgan fingerprint density at radius 1 is 1.04 bits per heavy atom. The van der Waals surface area contributed by atoms with Crippen molar-refractivity contribution in [2.75, 3.05) is 11.4 Å². The van der Waals surface area contributed by atoms with Crippen molar-refractivity contribution in [3.05, 3.63) is 54.6 Å². The Morgan fingerprint density at radius 3 is 2.22 bits per heavy atom. The van der Waals surface area contributed by atoms with Gasteiger partial charge < -0.3 is 9.64 Å². The quantitative estimate of drug-likeness (QED) is 0.800. The first-order chi connectivity index (χ1) is 11.1. The molecule has 1 aliphatic heterocycles. The number of ether oxygens (including phenoxy) is 1. The third-order valence-electron chi connectivity index (χ3n) is 3.86. The Hall–Kier alpha value is -2.40. The summed E-state index contributed by atoms with van der Waals surface area (Å²) >= 11 is 5.43. The van der Waals surface area contributed by atoms with E-state index in [9.17, 15) is 4.79 Å². The number of benzene rings is 2. The number of likely N-dealkylation sites (N-methyl/N-ethyl adjacent to an activating group) is 1. The zero-order valence-corrected chi connectivity index (χ0v) is 13.9. The number of rotatable bonds is 4. The number of hydrogen-bond donors (Lipinski definition) is 0. The molecule has 0 spiro atoms. The normalized spacial score (nSPS) is 17.7. The van der Waals surface area contributed by atoms with E-state index in [-0.39, 0.29) is 11.9 Å². The summed E-state index contributed by atoms with van der Waals surface area (Å²) < 4.78 is 5.78. The van der Waals surface area contributed by atoms with Gasteiger partial charge in [0.05, 0.1) is 0 Å². The summed E-state index contributed by atoms with van der Waals surface area (Å²) in [5.74, 6) is 1.58. The topological polar surface area (TPSA) is 32.8 Å². The molecule has 1 saturated heterocycles. The van der Waals surface area contributed by atoms with Gasteiger partial charge in [0.2, 0.25) is 0 Å². The largest absolute Gasteiger partial charge is 0.457 e. The number of amides is 1. The molecule has 4 nitrogen and oxygen atoms in total. The van der Waals surface area contributed by atoms with Gasteiger partial charge in [-0.1, -0.05) is 18.2 Å². The van der Waals surface area contributed by atoms with Gasteiger partial charge in [-0.05, 0) is 62.5 Å². The molecule has 1 heterocycles. The minimum atomic E-state index is -0.275. The van der Waals surface area contributed by atoms with Crippen LogP contribution >= 0.6 is 12.2 Å². The van der Waals surface area contributed by atoms with Gasteiger partial charge in [-0.2, -0.15) is 0 Å². The molecule has 1 atom stereocenters. The number of nitrogens with zero attached hydrogens (tertiary/aromatic N) is 2. The van der Waals surface area contributed by atoms with Crippen LogP contribution in [-0.4, -0.2) is 28.5 Å². The number of hydrogen-bond acceptors (Lipinski definition) is 3. The lowest BCUT2D eigenvalue weighted by molar-refractivity contribution is -0.126. The third kappa shape index (κ3) is 2.92. The average Bonchev–Trinajstić information content (AvgIpc) is 2.79. The minimum absolute atomic E-state index is 0.0436. The molecule has 0 saturated carbocycles. The molecule has 118 valence electrons. The molecular weight excluding hydrogens is 308 g/mol. The summed E-state index contributed by atoms with van der Waals surface area (Å²) in [5.41, 5.74) is 0.896. The minimum Gasteiger partial charge on any atom is -0.457 e. The van der Waals surface area contributed by atoms with Crippen LogP contribution in [0.1, 0.15) is 13.8 Å². The number of carbonyl (C=O) groups is 1. The average molecular weight is 326 g/mol. The van der Waals surface area contributed by atoms with Crippen LogP contribution in [0.25, 0.3) is 0 Å². The Labute approximate surface area is 141 Å². The third-order valence-corrected chi connectivity index (χ3v) is 4.27. The van der Waals surface area contributed by atoms with Gasteiger partial charge in [0.1, 0.15) is 17.5 Å². The summed E-state index contributed by atoms with van der Waals surface area (Å²) in [6.07, 6.45) is 0. The van der Waals surface area contributed by atoms with Crippen molar-refractivity contribution in [2.24, 2.45) is 0 Å². The second-order valence-electron chi connectivity index (χ2n) is 5.32. The van der Waals surface area contributed by atoms with Crippen LogP contribution in [0.15, 0.2) is 54.6 Å². The lowest BCUT2D eigenvalue weighted by atomic mass is 10.2. The Balaban J connectivity index is 1.80. The molecule has 1 amide bonds. The van der Waals surface area contributed by atoms with Crippen LogP contribution in [0.4, 0.5) is 5.69 Å². The van der Waals surface area contributed by atoms with Crippen LogP contribution in [-0.2, 0) is 4.79 Å². The molecule has 1 fully saturated rings. The fraction of sp³-hybridized carbons (Fsp3) is 0.222. The molecule has 1 aliphatic rings. The van der Waals surface area contributed by atoms with Crippen molar-refractivity contribution in [1.29, 1.82) is 0 Å². The second-order valence-corrected chi connectivity index (χ2v) is 5.69. The zero-order valence-electron chi connectivity index (χ0n) is 13.1. The van der Waals surface area contributed by atoms with Crippen molar-refractivity contribution >= 4 is 28.9 Å². The summed E-state index contributed by atoms with van der Waals surface area (Å²) in [7, 11) is 0. The molecular formula is C18H18N2O2S. The molecule has 1 unspecified atom stereocenters. The first-order valence-electron chi connectivity index (χ1n) is 7.59. The Kier molecular flexibility index (Phi) is 4.30. The fourth-order valence-electron chi connectivity index (χ4n) is 2.65.